The maximum absolute atomic E-state index is 12.1. The first-order valence-corrected chi connectivity index (χ1v) is 7.64. The van der Waals surface area contributed by atoms with E-state index in [0.29, 0.717) is 5.56 Å². The summed E-state index contributed by atoms with van der Waals surface area (Å²) in [5.41, 5.74) is 10.5. The molecular formula is C20H18N2O2. The lowest BCUT2D eigenvalue weighted by Crippen LogP contribution is -2.13. The monoisotopic (exact) mass is 318 g/mol. The van der Waals surface area contributed by atoms with Crippen molar-refractivity contribution < 1.29 is 9.53 Å². The molecule has 1 atom stereocenters. The van der Waals surface area contributed by atoms with Gasteiger partial charge in [0.15, 0.2) is 0 Å². The quantitative estimate of drug-likeness (QED) is 0.747. The number of esters is 1. The van der Waals surface area contributed by atoms with Gasteiger partial charge in [-0.15, -0.1) is 0 Å². The predicted molar refractivity (Wildman–Crippen MR) is 93.5 cm³/mol. The van der Waals surface area contributed by atoms with Gasteiger partial charge in [0.05, 0.1) is 18.7 Å². The van der Waals surface area contributed by atoms with Gasteiger partial charge in [-0.25, -0.2) is 4.79 Å². The molecule has 1 aromatic heterocycles. The van der Waals surface area contributed by atoms with E-state index in [1.165, 1.54) is 7.11 Å². The van der Waals surface area contributed by atoms with E-state index < -0.39 is 0 Å². The van der Waals surface area contributed by atoms with Gasteiger partial charge < -0.3 is 10.5 Å². The Kier molecular flexibility index (Phi) is 4.68. The van der Waals surface area contributed by atoms with E-state index in [-0.39, 0.29) is 12.0 Å². The summed E-state index contributed by atoms with van der Waals surface area (Å²) in [7, 11) is 1.38. The van der Waals surface area contributed by atoms with Gasteiger partial charge in [0.2, 0.25) is 0 Å². The van der Waals surface area contributed by atoms with Gasteiger partial charge >= 0.3 is 5.97 Å². The van der Waals surface area contributed by atoms with Crippen LogP contribution in [-0.2, 0) is 4.74 Å². The molecule has 0 aliphatic carbocycles. The second-order valence-corrected chi connectivity index (χ2v) is 5.43. The molecule has 4 heteroatoms. The van der Waals surface area contributed by atoms with Crippen molar-refractivity contribution in [3.63, 3.8) is 0 Å². The van der Waals surface area contributed by atoms with Crippen molar-refractivity contribution in [2.75, 3.05) is 7.11 Å². The maximum Gasteiger partial charge on any atom is 0.338 e. The molecule has 0 radical (unpaired) electrons. The summed E-state index contributed by atoms with van der Waals surface area (Å²) in [6, 6.07) is 18.8. The number of methoxy groups -OCH3 is 1. The second kappa shape index (κ2) is 7.06. The smallest absolute Gasteiger partial charge is 0.338 e. The Hall–Kier alpha value is -2.98. The molecule has 3 aromatic rings. The molecule has 0 amide bonds. The molecule has 24 heavy (non-hydrogen) atoms. The van der Waals surface area contributed by atoms with E-state index in [4.69, 9.17) is 10.5 Å². The van der Waals surface area contributed by atoms with E-state index in [1.54, 1.807) is 18.5 Å². The molecule has 3 rings (SSSR count). The number of hydrogen-bond acceptors (Lipinski definition) is 4. The number of carbonyl (C=O) groups excluding carboxylic acids is 1. The van der Waals surface area contributed by atoms with Crippen LogP contribution in [0.3, 0.4) is 0 Å². The van der Waals surface area contributed by atoms with E-state index in [0.717, 1.165) is 22.3 Å². The molecule has 2 N–H and O–H groups in total. The van der Waals surface area contributed by atoms with Crippen LogP contribution in [0.25, 0.3) is 11.1 Å². The van der Waals surface area contributed by atoms with Crippen LogP contribution >= 0.6 is 0 Å². The number of hydrogen-bond donors (Lipinski definition) is 1. The van der Waals surface area contributed by atoms with Gasteiger partial charge in [-0.3, -0.25) is 4.98 Å². The van der Waals surface area contributed by atoms with Crippen molar-refractivity contribution in [2.24, 2.45) is 5.73 Å². The van der Waals surface area contributed by atoms with Gasteiger partial charge in [0.25, 0.3) is 0 Å². The third-order valence-corrected chi connectivity index (χ3v) is 3.94. The zero-order chi connectivity index (χ0) is 16.9. The van der Waals surface area contributed by atoms with Crippen molar-refractivity contribution in [3.05, 3.63) is 89.7 Å². The Labute approximate surface area is 140 Å². The van der Waals surface area contributed by atoms with Crippen LogP contribution in [0.1, 0.15) is 27.5 Å². The number of ether oxygens (including phenoxy) is 1. The summed E-state index contributed by atoms with van der Waals surface area (Å²) in [6.45, 7) is 0. The Morgan fingerprint density at radius 3 is 2.50 bits per heavy atom. The summed E-state index contributed by atoms with van der Waals surface area (Å²) in [6.07, 6.45) is 3.47. The molecule has 0 aliphatic heterocycles. The standard InChI is InChI=1S/C20H18N2O2/c1-24-20(23)17-10-9-15(19(21)16-8-5-11-22-13-16)12-18(17)14-6-3-2-4-7-14/h2-13,19H,21H2,1H3. The second-order valence-electron chi connectivity index (χ2n) is 5.43. The van der Waals surface area contributed by atoms with Crippen molar-refractivity contribution in [2.45, 2.75) is 6.04 Å². The topological polar surface area (TPSA) is 65.2 Å². The summed E-state index contributed by atoms with van der Waals surface area (Å²) >= 11 is 0. The minimum atomic E-state index is -0.365. The van der Waals surface area contributed by atoms with Crippen LogP contribution in [0, 0.1) is 0 Å². The minimum absolute atomic E-state index is 0.312. The lowest BCUT2D eigenvalue weighted by atomic mass is 9.93. The van der Waals surface area contributed by atoms with Gasteiger partial charge in [-0.05, 0) is 40.5 Å². The fourth-order valence-electron chi connectivity index (χ4n) is 2.65. The minimum Gasteiger partial charge on any atom is -0.465 e. The number of pyridine rings is 1. The average molecular weight is 318 g/mol. The van der Waals surface area contributed by atoms with Crippen LogP contribution in [0.4, 0.5) is 0 Å². The van der Waals surface area contributed by atoms with Crippen LogP contribution in [0.15, 0.2) is 73.1 Å². The number of nitrogens with two attached hydrogens (primary N) is 1. The fourth-order valence-corrected chi connectivity index (χ4v) is 2.65. The zero-order valence-corrected chi connectivity index (χ0v) is 13.3. The average Bonchev–Trinajstić information content (AvgIpc) is 2.67. The van der Waals surface area contributed by atoms with Crippen molar-refractivity contribution >= 4 is 5.97 Å². The highest BCUT2D eigenvalue weighted by Crippen LogP contribution is 2.29. The van der Waals surface area contributed by atoms with E-state index in [2.05, 4.69) is 4.98 Å². The molecule has 0 bridgehead atoms. The number of carbonyl (C=O) groups is 1. The molecular weight excluding hydrogens is 300 g/mol. The molecule has 1 unspecified atom stereocenters. The van der Waals surface area contributed by atoms with Gasteiger partial charge in [-0.1, -0.05) is 42.5 Å². The first kappa shape index (κ1) is 15.9. The highest BCUT2D eigenvalue weighted by molar-refractivity contribution is 5.97. The van der Waals surface area contributed by atoms with Gasteiger partial charge in [-0.2, -0.15) is 0 Å². The van der Waals surface area contributed by atoms with E-state index >= 15 is 0 Å². The zero-order valence-electron chi connectivity index (χ0n) is 13.3. The summed E-state index contributed by atoms with van der Waals surface area (Å²) < 4.78 is 4.90. The van der Waals surface area contributed by atoms with Crippen molar-refractivity contribution in [1.29, 1.82) is 0 Å². The predicted octanol–water partition coefficient (Wildman–Crippen LogP) is 3.58. The highest BCUT2D eigenvalue weighted by atomic mass is 16.5. The summed E-state index contributed by atoms with van der Waals surface area (Å²) in [5.74, 6) is -0.365. The number of aromatic nitrogens is 1. The molecule has 0 fully saturated rings. The molecule has 1 heterocycles. The largest absolute Gasteiger partial charge is 0.465 e. The van der Waals surface area contributed by atoms with Gasteiger partial charge in [0.1, 0.15) is 0 Å². The third-order valence-electron chi connectivity index (χ3n) is 3.94. The molecule has 0 aliphatic rings. The lowest BCUT2D eigenvalue weighted by molar-refractivity contribution is 0.0601. The Bertz CT molecular complexity index is 833. The van der Waals surface area contributed by atoms with Crippen molar-refractivity contribution in [3.8, 4) is 11.1 Å². The van der Waals surface area contributed by atoms with Crippen LogP contribution in [0.5, 0.6) is 0 Å². The first-order valence-electron chi connectivity index (χ1n) is 7.64. The van der Waals surface area contributed by atoms with Crippen LogP contribution < -0.4 is 5.73 Å². The Balaban J connectivity index is 2.09. The molecule has 2 aromatic carbocycles. The maximum atomic E-state index is 12.1. The molecule has 4 nitrogen and oxygen atoms in total. The fraction of sp³-hybridized carbons (Fsp3) is 0.100. The summed E-state index contributed by atoms with van der Waals surface area (Å²) in [4.78, 5) is 16.2. The first-order chi connectivity index (χ1) is 11.7. The van der Waals surface area contributed by atoms with Crippen LogP contribution in [0.2, 0.25) is 0 Å². The molecule has 0 saturated heterocycles. The third kappa shape index (κ3) is 3.19. The number of nitrogens with zero attached hydrogens (tertiary/aromatic N) is 1. The highest BCUT2D eigenvalue weighted by Gasteiger charge is 2.17. The molecule has 120 valence electrons. The number of rotatable bonds is 4. The number of benzene rings is 2. The molecule has 0 saturated carbocycles. The van der Waals surface area contributed by atoms with E-state index in [1.807, 2.05) is 54.6 Å². The van der Waals surface area contributed by atoms with Crippen LogP contribution in [-0.4, -0.2) is 18.1 Å². The van der Waals surface area contributed by atoms with E-state index in [9.17, 15) is 4.79 Å². The molecule has 0 spiro atoms. The van der Waals surface area contributed by atoms with Gasteiger partial charge in [0, 0.05) is 12.4 Å². The Morgan fingerprint density at radius 2 is 1.83 bits per heavy atom. The lowest BCUT2D eigenvalue weighted by Gasteiger charge is -2.16. The SMILES string of the molecule is COC(=O)c1ccc(C(N)c2cccnc2)cc1-c1ccccc1. The summed E-state index contributed by atoms with van der Waals surface area (Å²) in [5, 5.41) is 0. The van der Waals surface area contributed by atoms with Crippen molar-refractivity contribution in [1.82, 2.24) is 4.98 Å². The normalized spacial score (nSPS) is 11.8. The Morgan fingerprint density at radius 1 is 1.04 bits per heavy atom.